The largest absolute Gasteiger partial charge is 0.496 e. The number of amides is 1. The number of ether oxygens (including phenoxy) is 1. The number of rotatable bonds is 8. The third kappa shape index (κ3) is 5.23. The molecule has 1 rings (SSSR count). The van der Waals surface area contributed by atoms with Gasteiger partial charge >= 0.3 is 0 Å². The molecule has 0 heterocycles. The third-order valence-electron chi connectivity index (χ3n) is 3.12. The van der Waals surface area contributed by atoms with Crippen LogP contribution in [0.5, 0.6) is 5.75 Å². The summed E-state index contributed by atoms with van der Waals surface area (Å²) in [6.07, 6.45) is 3.36. The lowest BCUT2D eigenvalue weighted by molar-refractivity contribution is 0.0943. The van der Waals surface area contributed by atoms with E-state index >= 15 is 0 Å². The van der Waals surface area contributed by atoms with Gasteiger partial charge in [-0.15, -0.1) is 0 Å². The summed E-state index contributed by atoms with van der Waals surface area (Å²) in [5, 5.41) is 3.98. The Balaban J connectivity index is 2.58. The van der Waals surface area contributed by atoms with Gasteiger partial charge in [-0.1, -0.05) is 41.4 Å². The second-order valence-corrected chi connectivity index (χ2v) is 5.34. The summed E-state index contributed by atoms with van der Waals surface area (Å²) in [5.74, 6) is 1.09. The number of benzene rings is 1. The molecular formula is C15H22BrNO2. The van der Waals surface area contributed by atoms with Crippen molar-refractivity contribution >= 4 is 21.8 Å². The van der Waals surface area contributed by atoms with Crippen molar-refractivity contribution in [2.45, 2.75) is 26.2 Å². The van der Waals surface area contributed by atoms with Crippen molar-refractivity contribution in [3.8, 4) is 5.75 Å². The van der Waals surface area contributed by atoms with Gasteiger partial charge in [0.1, 0.15) is 5.75 Å². The summed E-state index contributed by atoms with van der Waals surface area (Å²) >= 11 is 3.46. The van der Waals surface area contributed by atoms with Crippen molar-refractivity contribution in [3.05, 3.63) is 29.8 Å². The van der Waals surface area contributed by atoms with Gasteiger partial charge in [0.25, 0.3) is 5.91 Å². The molecule has 1 aromatic carbocycles. The van der Waals surface area contributed by atoms with Crippen molar-refractivity contribution < 1.29 is 9.53 Å². The maximum atomic E-state index is 12.1. The van der Waals surface area contributed by atoms with Crippen LogP contribution in [0, 0.1) is 5.92 Å². The van der Waals surface area contributed by atoms with Crippen LogP contribution in [0.1, 0.15) is 36.5 Å². The number of methoxy groups -OCH3 is 1. The molecule has 1 unspecified atom stereocenters. The molecule has 0 saturated carbocycles. The van der Waals surface area contributed by atoms with Gasteiger partial charge in [0.05, 0.1) is 12.7 Å². The first-order valence-corrected chi connectivity index (χ1v) is 7.82. The van der Waals surface area contributed by atoms with Crippen LogP contribution in [-0.2, 0) is 0 Å². The van der Waals surface area contributed by atoms with Crippen LogP contribution in [0.2, 0.25) is 0 Å². The van der Waals surface area contributed by atoms with E-state index in [0.29, 0.717) is 17.2 Å². The Kier molecular flexibility index (Phi) is 7.56. The molecule has 1 aromatic rings. The fourth-order valence-corrected chi connectivity index (χ4v) is 2.72. The van der Waals surface area contributed by atoms with Gasteiger partial charge < -0.3 is 10.1 Å². The van der Waals surface area contributed by atoms with Crippen LogP contribution in [0.15, 0.2) is 24.3 Å². The van der Waals surface area contributed by atoms with Crippen molar-refractivity contribution in [1.29, 1.82) is 0 Å². The molecule has 0 aliphatic rings. The Morgan fingerprint density at radius 3 is 2.74 bits per heavy atom. The van der Waals surface area contributed by atoms with E-state index in [9.17, 15) is 4.79 Å². The molecule has 106 valence electrons. The summed E-state index contributed by atoms with van der Waals surface area (Å²) in [5.41, 5.74) is 0.596. The number of carbonyl (C=O) groups excluding carboxylic acids is 1. The van der Waals surface area contributed by atoms with E-state index in [-0.39, 0.29) is 5.91 Å². The van der Waals surface area contributed by atoms with Gasteiger partial charge in [-0.05, 0) is 30.9 Å². The Morgan fingerprint density at radius 2 is 2.11 bits per heavy atom. The molecule has 0 aromatic heterocycles. The van der Waals surface area contributed by atoms with E-state index in [2.05, 4.69) is 28.2 Å². The van der Waals surface area contributed by atoms with E-state index < -0.39 is 0 Å². The number of nitrogens with one attached hydrogen (secondary N) is 1. The minimum Gasteiger partial charge on any atom is -0.496 e. The Morgan fingerprint density at radius 1 is 1.37 bits per heavy atom. The van der Waals surface area contributed by atoms with Crippen LogP contribution < -0.4 is 10.1 Å². The highest BCUT2D eigenvalue weighted by Gasteiger charge is 2.13. The zero-order valence-corrected chi connectivity index (χ0v) is 13.2. The van der Waals surface area contributed by atoms with Gasteiger partial charge in [-0.25, -0.2) is 0 Å². The monoisotopic (exact) mass is 327 g/mol. The lowest BCUT2D eigenvalue weighted by Crippen LogP contribution is -2.29. The normalized spacial score (nSPS) is 11.9. The minimum absolute atomic E-state index is 0.0619. The number of carbonyl (C=O) groups is 1. The molecule has 0 saturated heterocycles. The lowest BCUT2D eigenvalue weighted by Gasteiger charge is -2.16. The Labute approximate surface area is 123 Å². The van der Waals surface area contributed by atoms with Crippen LogP contribution in [0.4, 0.5) is 0 Å². The lowest BCUT2D eigenvalue weighted by atomic mass is 10.0. The van der Waals surface area contributed by atoms with E-state index in [0.717, 1.165) is 31.1 Å². The highest BCUT2D eigenvalue weighted by Crippen LogP contribution is 2.17. The summed E-state index contributed by atoms with van der Waals surface area (Å²) in [7, 11) is 1.58. The number of halogens is 1. The highest BCUT2D eigenvalue weighted by atomic mass is 79.9. The molecule has 1 atom stereocenters. The highest BCUT2D eigenvalue weighted by molar-refractivity contribution is 9.09. The topological polar surface area (TPSA) is 38.3 Å². The molecule has 0 aliphatic heterocycles. The molecule has 0 aliphatic carbocycles. The van der Waals surface area contributed by atoms with Gasteiger partial charge in [0.2, 0.25) is 0 Å². The van der Waals surface area contributed by atoms with Gasteiger partial charge in [-0.3, -0.25) is 4.79 Å². The van der Waals surface area contributed by atoms with Crippen LogP contribution in [0.25, 0.3) is 0 Å². The Bertz CT molecular complexity index is 389. The quantitative estimate of drug-likeness (QED) is 0.740. The predicted octanol–water partition coefficient (Wildman–Crippen LogP) is 3.63. The second-order valence-electron chi connectivity index (χ2n) is 4.54. The van der Waals surface area contributed by atoms with Crippen molar-refractivity contribution in [3.63, 3.8) is 0 Å². The molecule has 1 amide bonds. The average molecular weight is 328 g/mol. The number of hydrogen-bond donors (Lipinski definition) is 1. The fraction of sp³-hybridized carbons (Fsp3) is 0.533. The van der Waals surface area contributed by atoms with Gasteiger partial charge in [-0.2, -0.15) is 0 Å². The maximum Gasteiger partial charge on any atom is 0.255 e. The van der Waals surface area contributed by atoms with E-state index in [1.807, 2.05) is 12.1 Å². The SMILES string of the molecule is CCCC(CCBr)CNC(=O)c1ccccc1OC. The zero-order chi connectivity index (χ0) is 14.1. The van der Waals surface area contributed by atoms with E-state index in [1.165, 1.54) is 0 Å². The standard InChI is InChI=1S/C15H22BrNO2/c1-3-6-12(9-10-16)11-17-15(18)13-7-4-5-8-14(13)19-2/h4-5,7-8,12H,3,6,9-11H2,1-2H3,(H,17,18). The van der Waals surface area contributed by atoms with E-state index in [4.69, 9.17) is 4.74 Å². The fourth-order valence-electron chi connectivity index (χ4n) is 2.08. The first-order valence-electron chi connectivity index (χ1n) is 6.70. The van der Waals surface area contributed by atoms with Crippen LogP contribution in [0.3, 0.4) is 0 Å². The smallest absolute Gasteiger partial charge is 0.255 e. The first-order chi connectivity index (χ1) is 9.22. The summed E-state index contributed by atoms with van der Waals surface area (Å²) in [4.78, 5) is 12.1. The Hall–Kier alpha value is -1.03. The van der Waals surface area contributed by atoms with Gasteiger partial charge in [0, 0.05) is 11.9 Å². The molecule has 0 fully saturated rings. The summed E-state index contributed by atoms with van der Waals surface area (Å²) < 4.78 is 5.20. The molecule has 0 spiro atoms. The molecule has 1 N–H and O–H groups in total. The molecule has 0 radical (unpaired) electrons. The minimum atomic E-state index is -0.0619. The van der Waals surface area contributed by atoms with Gasteiger partial charge in [0.15, 0.2) is 0 Å². The van der Waals surface area contributed by atoms with Crippen molar-refractivity contribution in [2.24, 2.45) is 5.92 Å². The first kappa shape index (κ1) is 16.0. The van der Waals surface area contributed by atoms with E-state index in [1.54, 1.807) is 19.2 Å². The maximum absolute atomic E-state index is 12.1. The molecule has 19 heavy (non-hydrogen) atoms. The number of hydrogen-bond acceptors (Lipinski definition) is 2. The van der Waals surface area contributed by atoms with Crippen molar-refractivity contribution in [1.82, 2.24) is 5.32 Å². The second kappa shape index (κ2) is 8.97. The predicted molar refractivity (Wildman–Crippen MR) is 82.1 cm³/mol. The average Bonchev–Trinajstić information content (AvgIpc) is 2.44. The summed E-state index contributed by atoms with van der Waals surface area (Å²) in [6.45, 7) is 2.89. The van der Waals surface area contributed by atoms with Crippen LogP contribution in [-0.4, -0.2) is 24.9 Å². The van der Waals surface area contributed by atoms with Crippen LogP contribution >= 0.6 is 15.9 Å². The third-order valence-corrected chi connectivity index (χ3v) is 3.58. The molecule has 0 bridgehead atoms. The zero-order valence-electron chi connectivity index (χ0n) is 11.6. The molecular weight excluding hydrogens is 306 g/mol. The van der Waals surface area contributed by atoms with Crippen molar-refractivity contribution in [2.75, 3.05) is 19.0 Å². The summed E-state index contributed by atoms with van der Waals surface area (Å²) in [6, 6.07) is 7.30. The number of alkyl halides is 1. The molecule has 3 nitrogen and oxygen atoms in total. The number of para-hydroxylation sites is 1. The molecule has 4 heteroatoms.